The summed E-state index contributed by atoms with van der Waals surface area (Å²) in [7, 11) is -4.21. The van der Waals surface area contributed by atoms with E-state index < -0.39 is 46.8 Å². The number of rotatable bonds is 12. The first kappa shape index (κ1) is 27.8. The molecule has 3 aromatic rings. The summed E-state index contributed by atoms with van der Waals surface area (Å²) in [5.41, 5.74) is 2.01. The minimum atomic E-state index is -4.21. The van der Waals surface area contributed by atoms with Gasteiger partial charge in [0.15, 0.2) is 5.78 Å². The van der Waals surface area contributed by atoms with Crippen molar-refractivity contribution in [1.29, 1.82) is 0 Å². The van der Waals surface area contributed by atoms with Crippen LogP contribution in [0.25, 0.3) is 0 Å². The van der Waals surface area contributed by atoms with Gasteiger partial charge in [-0.15, -0.1) is 0 Å². The summed E-state index contributed by atoms with van der Waals surface area (Å²) in [4.78, 5) is 38.6. The summed E-state index contributed by atoms with van der Waals surface area (Å²) in [5.74, 6) is -1.81. The molecule has 3 aromatic carbocycles. The van der Waals surface area contributed by atoms with E-state index in [-0.39, 0.29) is 17.9 Å². The van der Waals surface area contributed by atoms with E-state index in [0.29, 0.717) is 5.56 Å². The Morgan fingerprint density at radius 2 is 1.46 bits per heavy atom. The molecule has 0 bridgehead atoms. The first-order valence-electron chi connectivity index (χ1n) is 11.9. The van der Waals surface area contributed by atoms with Gasteiger partial charge in [-0.25, -0.2) is 8.42 Å². The number of carbonyl (C=O) groups is 3. The standard InChI is InChI=1S/C28H30N2O6S/c1-3-36-27(32)20-30(37(34,35)24-16-14-21(2)15-17-24)19-26(31)25(18-22-10-6-4-7-11-22)29-28(33)23-12-8-5-9-13-23/h4-17,25H,3,18-20H2,1-2H3,(H,29,33). The summed E-state index contributed by atoms with van der Waals surface area (Å²) < 4.78 is 32.6. The molecule has 0 spiro atoms. The van der Waals surface area contributed by atoms with Crippen molar-refractivity contribution in [3.8, 4) is 0 Å². The minimum Gasteiger partial charge on any atom is -0.465 e. The third-order valence-corrected chi connectivity index (χ3v) is 7.42. The Bertz CT molecular complexity index is 1310. The molecule has 0 saturated heterocycles. The van der Waals surface area contributed by atoms with Crippen LogP contribution in [0.5, 0.6) is 0 Å². The van der Waals surface area contributed by atoms with Crippen molar-refractivity contribution in [3.63, 3.8) is 0 Å². The predicted octanol–water partition coefficient (Wildman–Crippen LogP) is 3.16. The highest BCUT2D eigenvalue weighted by Gasteiger charge is 2.32. The van der Waals surface area contributed by atoms with Crippen LogP contribution in [-0.2, 0) is 30.8 Å². The second-order valence-electron chi connectivity index (χ2n) is 8.44. The van der Waals surface area contributed by atoms with E-state index in [0.717, 1.165) is 15.4 Å². The fourth-order valence-corrected chi connectivity index (χ4v) is 5.00. The first-order valence-corrected chi connectivity index (χ1v) is 13.3. The minimum absolute atomic E-state index is 0.0527. The molecule has 1 N–H and O–H groups in total. The number of aryl methyl sites for hydroxylation is 1. The Kier molecular flexibility index (Phi) is 9.71. The SMILES string of the molecule is CCOC(=O)CN(CC(=O)C(Cc1ccccc1)NC(=O)c1ccccc1)S(=O)(=O)c1ccc(C)cc1. The Morgan fingerprint density at radius 1 is 0.865 bits per heavy atom. The maximum absolute atomic E-state index is 13.5. The first-order chi connectivity index (χ1) is 17.7. The Balaban J connectivity index is 1.90. The molecule has 3 rings (SSSR count). The van der Waals surface area contributed by atoms with E-state index in [9.17, 15) is 22.8 Å². The number of ether oxygens (including phenoxy) is 1. The zero-order valence-electron chi connectivity index (χ0n) is 20.8. The highest BCUT2D eigenvalue weighted by Crippen LogP contribution is 2.17. The molecule has 0 aliphatic heterocycles. The van der Waals surface area contributed by atoms with Gasteiger partial charge in [-0.1, -0.05) is 66.2 Å². The number of carbonyl (C=O) groups excluding carboxylic acids is 3. The van der Waals surface area contributed by atoms with Gasteiger partial charge < -0.3 is 10.1 Å². The fraction of sp³-hybridized carbons (Fsp3) is 0.250. The number of nitrogens with one attached hydrogen (secondary N) is 1. The lowest BCUT2D eigenvalue weighted by molar-refractivity contribution is -0.143. The van der Waals surface area contributed by atoms with Crippen molar-refractivity contribution in [2.24, 2.45) is 0 Å². The molecule has 9 heteroatoms. The fourth-order valence-electron chi connectivity index (χ4n) is 3.65. The molecule has 37 heavy (non-hydrogen) atoms. The average Bonchev–Trinajstić information content (AvgIpc) is 2.89. The van der Waals surface area contributed by atoms with Gasteiger partial charge in [-0.05, 0) is 50.1 Å². The van der Waals surface area contributed by atoms with Gasteiger partial charge in [0.2, 0.25) is 10.0 Å². The van der Waals surface area contributed by atoms with Gasteiger partial charge in [0.05, 0.1) is 24.1 Å². The highest BCUT2D eigenvalue weighted by molar-refractivity contribution is 7.89. The third kappa shape index (κ3) is 7.83. The molecule has 194 valence electrons. The maximum atomic E-state index is 13.5. The highest BCUT2D eigenvalue weighted by atomic mass is 32.2. The van der Waals surface area contributed by atoms with E-state index in [1.807, 2.05) is 37.3 Å². The molecule has 0 heterocycles. The van der Waals surface area contributed by atoms with Gasteiger partial charge >= 0.3 is 5.97 Å². The third-order valence-electron chi connectivity index (χ3n) is 5.61. The predicted molar refractivity (Wildman–Crippen MR) is 139 cm³/mol. The van der Waals surface area contributed by atoms with Gasteiger partial charge in [0, 0.05) is 5.56 Å². The lowest BCUT2D eigenvalue weighted by Gasteiger charge is -2.24. The number of sulfonamides is 1. The monoisotopic (exact) mass is 522 g/mol. The van der Waals surface area contributed by atoms with Crippen molar-refractivity contribution >= 4 is 27.7 Å². The quantitative estimate of drug-likeness (QED) is 0.366. The van der Waals surface area contributed by atoms with Gasteiger partial charge in [-0.2, -0.15) is 4.31 Å². The number of Topliss-reactive ketones (excluding diaryl/α,β-unsaturated/α-hetero) is 1. The second kappa shape index (κ2) is 12.9. The topological polar surface area (TPSA) is 110 Å². The van der Waals surface area contributed by atoms with E-state index in [1.165, 1.54) is 12.1 Å². The zero-order valence-corrected chi connectivity index (χ0v) is 21.6. The number of esters is 1. The maximum Gasteiger partial charge on any atom is 0.321 e. The molecule has 0 fully saturated rings. The average molecular weight is 523 g/mol. The van der Waals surface area contributed by atoms with Gasteiger partial charge in [0.1, 0.15) is 6.54 Å². The van der Waals surface area contributed by atoms with E-state index in [1.54, 1.807) is 49.4 Å². The van der Waals surface area contributed by atoms with Crippen molar-refractivity contribution in [2.45, 2.75) is 31.2 Å². The zero-order chi connectivity index (χ0) is 26.8. The summed E-state index contributed by atoms with van der Waals surface area (Å²) >= 11 is 0. The number of hydrogen-bond donors (Lipinski definition) is 1. The van der Waals surface area contributed by atoms with E-state index in [2.05, 4.69) is 5.32 Å². The van der Waals surface area contributed by atoms with E-state index in [4.69, 9.17) is 4.74 Å². The summed E-state index contributed by atoms with van der Waals surface area (Å²) in [6, 6.07) is 22.6. The molecule has 0 saturated carbocycles. The van der Waals surface area contributed by atoms with Crippen LogP contribution >= 0.6 is 0 Å². The molecule has 8 nitrogen and oxygen atoms in total. The largest absolute Gasteiger partial charge is 0.465 e. The summed E-state index contributed by atoms with van der Waals surface area (Å²) in [5, 5.41) is 2.74. The van der Waals surface area contributed by atoms with Crippen molar-refractivity contribution in [1.82, 2.24) is 9.62 Å². The molecular weight excluding hydrogens is 492 g/mol. The second-order valence-corrected chi connectivity index (χ2v) is 10.4. The Hall–Kier alpha value is -3.82. The van der Waals surface area contributed by atoms with Crippen LogP contribution in [0.3, 0.4) is 0 Å². The lowest BCUT2D eigenvalue weighted by atomic mass is 10.0. The molecular formula is C28H30N2O6S. The smallest absolute Gasteiger partial charge is 0.321 e. The van der Waals surface area contributed by atoms with Crippen molar-refractivity contribution < 1.29 is 27.5 Å². The van der Waals surface area contributed by atoms with Crippen molar-refractivity contribution in [3.05, 3.63) is 102 Å². The molecule has 0 aromatic heterocycles. The Labute approximate surface area is 217 Å². The molecule has 1 atom stereocenters. The normalized spacial score (nSPS) is 12.1. The summed E-state index contributed by atoms with van der Waals surface area (Å²) in [6.07, 6.45) is 0.149. The van der Waals surface area contributed by atoms with Crippen LogP contribution in [0.2, 0.25) is 0 Å². The molecule has 0 aliphatic carbocycles. The van der Waals surface area contributed by atoms with Crippen LogP contribution in [0, 0.1) is 6.92 Å². The van der Waals surface area contributed by atoms with Crippen LogP contribution in [0.1, 0.15) is 28.4 Å². The number of nitrogens with zero attached hydrogens (tertiary/aromatic N) is 1. The van der Waals surface area contributed by atoms with Gasteiger partial charge in [-0.3, -0.25) is 14.4 Å². The molecule has 1 amide bonds. The molecule has 1 unspecified atom stereocenters. The summed E-state index contributed by atoms with van der Waals surface area (Å²) in [6.45, 7) is 2.23. The van der Waals surface area contributed by atoms with Crippen LogP contribution in [0.4, 0.5) is 0 Å². The van der Waals surface area contributed by atoms with Crippen molar-refractivity contribution in [2.75, 3.05) is 19.7 Å². The lowest BCUT2D eigenvalue weighted by Crippen LogP contribution is -2.49. The van der Waals surface area contributed by atoms with Gasteiger partial charge in [0.25, 0.3) is 5.91 Å². The van der Waals surface area contributed by atoms with Crippen LogP contribution < -0.4 is 5.32 Å². The number of ketones is 1. The number of hydrogen-bond acceptors (Lipinski definition) is 6. The molecule has 0 aliphatic rings. The number of benzene rings is 3. The van der Waals surface area contributed by atoms with E-state index >= 15 is 0 Å². The number of amides is 1. The molecule has 0 radical (unpaired) electrons. The van der Waals surface area contributed by atoms with Crippen LogP contribution in [-0.4, -0.2) is 56.1 Å². The Morgan fingerprint density at radius 3 is 2.05 bits per heavy atom. The van der Waals surface area contributed by atoms with Crippen LogP contribution in [0.15, 0.2) is 89.8 Å².